The number of aromatic nitrogens is 3. The van der Waals surface area contributed by atoms with Crippen molar-refractivity contribution in [2.45, 2.75) is 45.6 Å². The van der Waals surface area contributed by atoms with Gasteiger partial charge in [0.15, 0.2) is 11.5 Å². The van der Waals surface area contributed by atoms with Gasteiger partial charge in [-0.15, -0.1) is 10.2 Å². The Bertz CT molecular complexity index is 888. The van der Waals surface area contributed by atoms with Gasteiger partial charge < -0.3 is 18.9 Å². The smallest absolute Gasteiger partial charge is 0.257 e. The minimum absolute atomic E-state index is 0.00977. The third-order valence-electron chi connectivity index (χ3n) is 6.44. The topological polar surface area (TPSA) is 69.5 Å². The van der Waals surface area contributed by atoms with Gasteiger partial charge in [-0.3, -0.25) is 4.79 Å². The highest BCUT2D eigenvalue weighted by atomic mass is 16.5. The van der Waals surface area contributed by atoms with Crippen LogP contribution < -0.4 is 9.47 Å². The molecule has 4 rings (SSSR count). The Morgan fingerprint density at radius 2 is 2.07 bits per heavy atom. The molecule has 2 heterocycles. The zero-order chi connectivity index (χ0) is 20.6. The average Bonchev–Trinajstić information content (AvgIpc) is 3.30. The Morgan fingerprint density at radius 3 is 2.69 bits per heavy atom. The van der Waals surface area contributed by atoms with E-state index in [0.717, 1.165) is 31.8 Å². The average molecular weight is 399 g/mol. The summed E-state index contributed by atoms with van der Waals surface area (Å²) in [5.41, 5.74) is 0.661. The van der Waals surface area contributed by atoms with E-state index < -0.39 is 0 Å². The van der Waals surface area contributed by atoms with Crippen LogP contribution in [0.5, 0.6) is 11.5 Å². The standard InChI is InChI=1S/C22H30N4O3/c1-15(2)11-26-14-23-24-20(26)17-12-25(13-22(17)9-6-10-22)21(27)16-7-5-8-18(28-3)19(16)29-4/h5,7-8,14-15,17H,6,9-13H2,1-4H3. The van der Waals surface area contributed by atoms with Crippen LogP contribution >= 0.6 is 0 Å². The van der Waals surface area contributed by atoms with Crippen molar-refractivity contribution in [1.29, 1.82) is 0 Å². The fourth-order valence-electron chi connectivity index (χ4n) is 4.91. The largest absolute Gasteiger partial charge is 0.493 e. The number of hydrogen-bond donors (Lipinski definition) is 0. The van der Waals surface area contributed by atoms with E-state index in [9.17, 15) is 4.79 Å². The Labute approximate surface area is 172 Å². The minimum atomic E-state index is -0.00977. The van der Waals surface area contributed by atoms with Crippen LogP contribution in [0.1, 0.15) is 55.2 Å². The SMILES string of the molecule is COc1cccc(C(=O)N2CC(c3nncn3CC(C)C)C3(CCC3)C2)c1OC. The van der Waals surface area contributed by atoms with Crippen LogP contribution in [0.2, 0.25) is 0 Å². The summed E-state index contributed by atoms with van der Waals surface area (Å²) in [5, 5.41) is 8.68. The predicted octanol–water partition coefficient (Wildman–Crippen LogP) is 3.36. The van der Waals surface area contributed by atoms with Gasteiger partial charge in [-0.25, -0.2) is 0 Å². The van der Waals surface area contributed by atoms with Crippen molar-refractivity contribution in [3.05, 3.63) is 35.9 Å². The molecule has 156 valence electrons. The molecule has 1 aromatic heterocycles. The summed E-state index contributed by atoms with van der Waals surface area (Å²) >= 11 is 0. The van der Waals surface area contributed by atoms with Gasteiger partial charge >= 0.3 is 0 Å². The fraction of sp³-hybridized carbons (Fsp3) is 0.591. The summed E-state index contributed by atoms with van der Waals surface area (Å²) in [6.45, 7) is 6.71. The maximum Gasteiger partial charge on any atom is 0.257 e. The number of methoxy groups -OCH3 is 2. The van der Waals surface area contributed by atoms with Crippen molar-refractivity contribution < 1.29 is 14.3 Å². The zero-order valence-corrected chi connectivity index (χ0v) is 17.7. The number of hydrogen-bond acceptors (Lipinski definition) is 5. The van der Waals surface area contributed by atoms with Gasteiger partial charge in [-0.2, -0.15) is 0 Å². The first-order chi connectivity index (χ1) is 14.0. The summed E-state index contributed by atoms with van der Waals surface area (Å²) in [4.78, 5) is 15.4. The summed E-state index contributed by atoms with van der Waals surface area (Å²) in [7, 11) is 3.16. The molecule has 1 unspecified atom stereocenters. The van der Waals surface area contributed by atoms with Gasteiger partial charge in [0.1, 0.15) is 12.2 Å². The first-order valence-corrected chi connectivity index (χ1v) is 10.4. The van der Waals surface area contributed by atoms with Crippen molar-refractivity contribution in [3.8, 4) is 11.5 Å². The van der Waals surface area contributed by atoms with Gasteiger partial charge in [-0.1, -0.05) is 26.3 Å². The number of carbonyl (C=O) groups excluding carboxylic acids is 1. The zero-order valence-electron chi connectivity index (χ0n) is 17.7. The van der Waals surface area contributed by atoms with Gasteiger partial charge in [0.05, 0.1) is 19.8 Å². The van der Waals surface area contributed by atoms with Crippen LogP contribution in [0, 0.1) is 11.3 Å². The first kappa shape index (κ1) is 19.7. The quantitative estimate of drug-likeness (QED) is 0.746. The lowest BCUT2D eigenvalue weighted by Crippen LogP contribution is -2.38. The van der Waals surface area contributed by atoms with E-state index in [1.165, 1.54) is 6.42 Å². The van der Waals surface area contributed by atoms with Crippen LogP contribution in [0.25, 0.3) is 0 Å². The second-order valence-corrected chi connectivity index (χ2v) is 8.73. The molecular formula is C22H30N4O3. The maximum atomic E-state index is 13.4. The van der Waals surface area contributed by atoms with E-state index in [4.69, 9.17) is 9.47 Å². The molecule has 1 aliphatic heterocycles. The molecule has 1 aromatic carbocycles. The highest BCUT2D eigenvalue weighted by molar-refractivity contribution is 5.98. The number of nitrogens with zero attached hydrogens (tertiary/aromatic N) is 4. The first-order valence-electron chi connectivity index (χ1n) is 10.4. The molecule has 7 heteroatoms. The van der Waals surface area contributed by atoms with Crippen LogP contribution in [0.4, 0.5) is 0 Å². The summed E-state index contributed by atoms with van der Waals surface area (Å²) < 4.78 is 13.1. The molecule has 1 amide bonds. The number of para-hydroxylation sites is 1. The van der Waals surface area contributed by atoms with E-state index in [2.05, 4.69) is 28.6 Å². The number of benzene rings is 1. The van der Waals surface area contributed by atoms with Gasteiger partial charge in [0.2, 0.25) is 0 Å². The van der Waals surface area contributed by atoms with Crippen molar-refractivity contribution >= 4 is 5.91 Å². The Hall–Kier alpha value is -2.57. The molecule has 1 aliphatic carbocycles. The molecule has 1 atom stereocenters. The second kappa shape index (κ2) is 7.69. The molecule has 2 fully saturated rings. The fourth-order valence-corrected chi connectivity index (χ4v) is 4.91. The van der Waals surface area contributed by atoms with E-state index in [-0.39, 0.29) is 17.2 Å². The molecule has 7 nitrogen and oxygen atoms in total. The number of carbonyl (C=O) groups is 1. The number of likely N-dealkylation sites (tertiary alicyclic amines) is 1. The lowest BCUT2D eigenvalue weighted by Gasteiger charge is -2.42. The molecule has 1 saturated heterocycles. The third-order valence-corrected chi connectivity index (χ3v) is 6.44. The highest BCUT2D eigenvalue weighted by Crippen LogP contribution is 2.55. The molecule has 0 bridgehead atoms. The van der Waals surface area contributed by atoms with Crippen LogP contribution in [0.3, 0.4) is 0 Å². The molecule has 0 N–H and O–H groups in total. The normalized spacial score (nSPS) is 20.2. The molecule has 1 spiro atoms. The van der Waals surface area contributed by atoms with E-state index in [1.54, 1.807) is 14.2 Å². The third kappa shape index (κ3) is 3.36. The van der Waals surface area contributed by atoms with Gasteiger partial charge in [0.25, 0.3) is 5.91 Å². The van der Waals surface area contributed by atoms with E-state index in [1.807, 2.05) is 29.4 Å². The van der Waals surface area contributed by atoms with Crippen molar-refractivity contribution in [1.82, 2.24) is 19.7 Å². The molecule has 0 radical (unpaired) electrons. The molecular weight excluding hydrogens is 368 g/mol. The Morgan fingerprint density at radius 1 is 1.28 bits per heavy atom. The second-order valence-electron chi connectivity index (χ2n) is 8.73. The Kier molecular flexibility index (Phi) is 5.23. The van der Waals surface area contributed by atoms with Crippen LogP contribution in [-0.2, 0) is 6.54 Å². The number of amides is 1. The maximum absolute atomic E-state index is 13.4. The number of rotatable bonds is 6. The van der Waals surface area contributed by atoms with Gasteiger partial charge in [0, 0.05) is 25.6 Å². The number of ether oxygens (including phenoxy) is 2. The summed E-state index contributed by atoms with van der Waals surface area (Å²) in [5.74, 6) is 2.81. The predicted molar refractivity (Wildman–Crippen MR) is 109 cm³/mol. The highest BCUT2D eigenvalue weighted by Gasteiger charge is 2.53. The molecule has 1 saturated carbocycles. The summed E-state index contributed by atoms with van der Waals surface area (Å²) in [6, 6.07) is 5.45. The Balaban J connectivity index is 1.64. The van der Waals surface area contributed by atoms with Gasteiger partial charge in [-0.05, 0) is 36.3 Å². The minimum Gasteiger partial charge on any atom is -0.493 e. The lowest BCUT2D eigenvalue weighted by molar-refractivity contribution is 0.0719. The summed E-state index contributed by atoms with van der Waals surface area (Å²) in [6.07, 6.45) is 5.30. The lowest BCUT2D eigenvalue weighted by atomic mass is 9.62. The van der Waals surface area contributed by atoms with Crippen LogP contribution in [-0.4, -0.2) is 52.9 Å². The van der Waals surface area contributed by atoms with Crippen molar-refractivity contribution in [2.75, 3.05) is 27.3 Å². The van der Waals surface area contributed by atoms with Crippen molar-refractivity contribution in [2.24, 2.45) is 11.3 Å². The van der Waals surface area contributed by atoms with E-state index >= 15 is 0 Å². The molecule has 2 aromatic rings. The van der Waals surface area contributed by atoms with Crippen LogP contribution in [0.15, 0.2) is 24.5 Å². The van der Waals surface area contributed by atoms with E-state index in [0.29, 0.717) is 29.5 Å². The monoisotopic (exact) mass is 398 g/mol. The molecule has 29 heavy (non-hydrogen) atoms. The van der Waals surface area contributed by atoms with Crippen molar-refractivity contribution in [3.63, 3.8) is 0 Å². The molecule has 2 aliphatic rings.